The number of nitrogens with one attached hydrogen (secondary N) is 2. The molecular weight excluding hydrogens is 312 g/mol. The van der Waals surface area contributed by atoms with Gasteiger partial charge < -0.3 is 19.3 Å². The highest BCUT2D eigenvalue weighted by Gasteiger charge is 2.38. The van der Waals surface area contributed by atoms with Crippen LogP contribution in [0.4, 0.5) is 0 Å². The van der Waals surface area contributed by atoms with Crippen molar-refractivity contribution in [1.82, 2.24) is 0 Å². The van der Waals surface area contributed by atoms with Gasteiger partial charge in [-0.25, -0.2) is 0 Å². The van der Waals surface area contributed by atoms with E-state index in [0.29, 0.717) is 0 Å². The maximum atomic E-state index is 5.60. The van der Waals surface area contributed by atoms with Crippen LogP contribution in [0.1, 0.15) is 18.4 Å². The molecule has 2 fully saturated rings. The van der Waals surface area contributed by atoms with Gasteiger partial charge in [0.2, 0.25) is 0 Å². The van der Waals surface area contributed by atoms with Gasteiger partial charge in [0.05, 0.1) is 26.3 Å². The molecule has 0 spiro atoms. The molecule has 2 bridgehead atoms. The number of hydrogen-bond acceptors (Lipinski definition) is 2. The van der Waals surface area contributed by atoms with Gasteiger partial charge in [0.15, 0.2) is 11.5 Å². The Bertz CT molecular complexity index is 622. The van der Waals surface area contributed by atoms with Crippen molar-refractivity contribution in [2.24, 2.45) is 17.8 Å². The highest BCUT2D eigenvalue weighted by Crippen LogP contribution is 2.42. The van der Waals surface area contributed by atoms with E-state index in [9.17, 15) is 0 Å². The lowest BCUT2D eigenvalue weighted by Gasteiger charge is -2.32. The number of fused-ring (bicyclic) bond motifs is 2. The van der Waals surface area contributed by atoms with Crippen molar-refractivity contribution < 1.29 is 19.3 Å². The average molecular weight is 344 g/mol. The van der Waals surface area contributed by atoms with Gasteiger partial charge in [-0.3, -0.25) is 0 Å². The fourth-order valence-corrected chi connectivity index (χ4v) is 5.20. The van der Waals surface area contributed by atoms with Gasteiger partial charge >= 0.3 is 0 Å². The molecule has 1 saturated carbocycles. The molecule has 0 aromatic heterocycles. The Kier molecular flexibility index (Phi) is 5.00. The van der Waals surface area contributed by atoms with Crippen LogP contribution in [0.3, 0.4) is 0 Å². The van der Waals surface area contributed by atoms with Gasteiger partial charge in [0.25, 0.3) is 0 Å². The summed E-state index contributed by atoms with van der Waals surface area (Å²) < 4.78 is 11.0. The molecule has 2 N–H and O–H groups in total. The zero-order chi connectivity index (χ0) is 17.2. The Balaban J connectivity index is 1.30. The first-order chi connectivity index (χ1) is 12.3. The third-order valence-corrected chi connectivity index (χ3v) is 6.56. The summed E-state index contributed by atoms with van der Waals surface area (Å²) in [5.41, 5.74) is 1.26. The van der Waals surface area contributed by atoms with Gasteiger partial charge in [-0.15, -0.1) is 0 Å². The van der Waals surface area contributed by atoms with Gasteiger partial charge in [-0.05, 0) is 36.8 Å². The first kappa shape index (κ1) is 16.9. The monoisotopic (exact) mass is 344 g/mol. The summed E-state index contributed by atoms with van der Waals surface area (Å²) >= 11 is 0. The number of rotatable bonds is 6. The fraction of sp³-hybridized carbons (Fsp3) is 0.619. The lowest BCUT2D eigenvalue weighted by Crippen LogP contribution is -3.27. The second-order valence-electron chi connectivity index (χ2n) is 8.07. The standard InChI is InChI=1S/C21H30N2O2/c1-24-20-5-3-4-18(21(20)25-2)14-22-8-10-23(11-9-22)15-19-13-16-6-7-17(19)12-16/h3-7,16-17,19H,8-15H2,1-2H3/p+2/t16-,17+,19+/m1/s1. The van der Waals surface area contributed by atoms with Crippen LogP contribution in [-0.2, 0) is 6.54 Å². The Labute approximate surface area is 151 Å². The number of ether oxygens (including phenoxy) is 2. The van der Waals surface area contributed by atoms with Crippen LogP contribution in [0.15, 0.2) is 30.4 Å². The van der Waals surface area contributed by atoms with Crippen molar-refractivity contribution in [1.29, 1.82) is 0 Å². The van der Waals surface area contributed by atoms with E-state index in [-0.39, 0.29) is 0 Å². The molecule has 2 aliphatic carbocycles. The van der Waals surface area contributed by atoms with Crippen molar-refractivity contribution in [3.63, 3.8) is 0 Å². The van der Waals surface area contributed by atoms with Crippen LogP contribution < -0.4 is 19.3 Å². The number of benzene rings is 1. The lowest BCUT2D eigenvalue weighted by molar-refractivity contribution is -1.02. The third-order valence-electron chi connectivity index (χ3n) is 6.56. The molecule has 0 unspecified atom stereocenters. The van der Waals surface area contributed by atoms with Crippen molar-refractivity contribution in [3.8, 4) is 11.5 Å². The van der Waals surface area contributed by atoms with E-state index in [1.54, 1.807) is 19.1 Å². The second-order valence-corrected chi connectivity index (χ2v) is 8.07. The Hall–Kier alpha value is -1.52. The molecule has 4 rings (SSSR count). The molecule has 3 atom stereocenters. The topological polar surface area (TPSA) is 27.3 Å². The number of methoxy groups -OCH3 is 2. The fourth-order valence-electron chi connectivity index (χ4n) is 5.20. The SMILES string of the molecule is COc1cccc(C[NH+]2CC[NH+](C[C@@H]3C[C@@H]4C=C[C@H]3C4)CC2)c1OC. The summed E-state index contributed by atoms with van der Waals surface area (Å²) in [7, 11) is 3.45. The van der Waals surface area contributed by atoms with Crippen LogP contribution in [0, 0.1) is 17.8 Å². The zero-order valence-corrected chi connectivity index (χ0v) is 15.6. The molecule has 1 aromatic carbocycles. The molecule has 1 aliphatic heterocycles. The van der Waals surface area contributed by atoms with Crippen molar-refractivity contribution in [2.45, 2.75) is 19.4 Å². The van der Waals surface area contributed by atoms with Crippen LogP contribution >= 0.6 is 0 Å². The Morgan fingerprint density at radius 2 is 1.76 bits per heavy atom. The van der Waals surface area contributed by atoms with Gasteiger partial charge in [-0.1, -0.05) is 18.2 Å². The molecule has 1 saturated heterocycles. The van der Waals surface area contributed by atoms with E-state index in [1.165, 1.54) is 51.1 Å². The maximum absolute atomic E-state index is 5.60. The first-order valence-corrected chi connectivity index (χ1v) is 9.82. The van der Waals surface area contributed by atoms with Gasteiger partial charge in [-0.2, -0.15) is 0 Å². The molecule has 136 valence electrons. The predicted molar refractivity (Wildman–Crippen MR) is 98.4 cm³/mol. The lowest BCUT2D eigenvalue weighted by atomic mass is 9.93. The number of hydrogen-bond donors (Lipinski definition) is 2. The summed E-state index contributed by atoms with van der Waals surface area (Å²) in [5.74, 6) is 4.49. The first-order valence-electron chi connectivity index (χ1n) is 9.82. The number of quaternary nitrogens is 2. The van der Waals surface area contributed by atoms with Crippen molar-refractivity contribution >= 4 is 0 Å². The number of para-hydroxylation sites is 1. The van der Waals surface area contributed by atoms with Crippen LogP contribution in [-0.4, -0.2) is 46.9 Å². The largest absolute Gasteiger partial charge is 0.493 e. The van der Waals surface area contributed by atoms with E-state index in [4.69, 9.17) is 9.47 Å². The Morgan fingerprint density at radius 1 is 0.960 bits per heavy atom. The summed E-state index contributed by atoms with van der Waals surface area (Å²) in [5, 5.41) is 0. The van der Waals surface area contributed by atoms with Gasteiger partial charge in [0, 0.05) is 5.92 Å². The molecule has 3 aliphatic rings. The minimum atomic E-state index is 0.841. The molecule has 4 nitrogen and oxygen atoms in total. The Morgan fingerprint density at radius 3 is 2.40 bits per heavy atom. The third kappa shape index (κ3) is 3.56. The molecule has 4 heteroatoms. The number of piperazine rings is 1. The smallest absolute Gasteiger partial charge is 0.169 e. The van der Waals surface area contributed by atoms with Crippen LogP contribution in [0.5, 0.6) is 11.5 Å². The van der Waals surface area contributed by atoms with Crippen LogP contribution in [0.2, 0.25) is 0 Å². The van der Waals surface area contributed by atoms with E-state index in [2.05, 4.69) is 24.3 Å². The zero-order valence-electron chi connectivity index (χ0n) is 15.6. The summed E-state index contributed by atoms with van der Waals surface area (Å²) in [6.45, 7) is 7.54. The molecule has 1 heterocycles. The molecule has 25 heavy (non-hydrogen) atoms. The number of allylic oxidation sites excluding steroid dienone is 2. The highest BCUT2D eigenvalue weighted by atomic mass is 16.5. The molecule has 0 radical (unpaired) electrons. The van der Waals surface area contributed by atoms with Crippen molar-refractivity contribution in [2.75, 3.05) is 46.9 Å². The predicted octanol–water partition coefficient (Wildman–Crippen LogP) is 0.199. The molecular formula is C21H32N2O2+2. The minimum Gasteiger partial charge on any atom is -0.493 e. The van der Waals surface area contributed by atoms with E-state index in [1.807, 2.05) is 11.0 Å². The summed E-state index contributed by atoms with van der Waals surface area (Å²) in [4.78, 5) is 3.50. The van der Waals surface area contributed by atoms with E-state index >= 15 is 0 Å². The minimum absolute atomic E-state index is 0.841. The van der Waals surface area contributed by atoms with Crippen LogP contribution in [0.25, 0.3) is 0 Å². The summed E-state index contributed by atoms with van der Waals surface area (Å²) in [6, 6.07) is 6.22. The maximum Gasteiger partial charge on any atom is 0.169 e. The second kappa shape index (κ2) is 7.38. The van der Waals surface area contributed by atoms with Gasteiger partial charge in [0.1, 0.15) is 32.7 Å². The van der Waals surface area contributed by atoms with Crippen molar-refractivity contribution in [3.05, 3.63) is 35.9 Å². The molecule has 1 aromatic rings. The molecule has 0 amide bonds. The summed E-state index contributed by atoms with van der Waals surface area (Å²) in [6.07, 6.45) is 7.84. The highest BCUT2D eigenvalue weighted by molar-refractivity contribution is 5.46. The quantitative estimate of drug-likeness (QED) is 0.722. The van der Waals surface area contributed by atoms with E-state index in [0.717, 1.165) is 35.8 Å². The van der Waals surface area contributed by atoms with E-state index < -0.39 is 0 Å². The normalized spacial score (nSPS) is 33.6. The average Bonchev–Trinajstić information content (AvgIpc) is 3.26.